The quantitative estimate of drug-likeness (QED) is 0.855. The van der Waals surface area contributed by atoms with Crippen LogP contribution in [-0.4, -0.2) is 23.7 Å². The lowest BCUT2D eigenvalue weighted by Crippen LogP contribution is -2.25. The topological polar surface area (TPSA) is 36.4 Å². The number of aliphatic hydroxyl groups excluding tert-OH is 1. The number of nitrogens with zero attached hydrogens (tertiary/aromatic N) is 2. The molecule has 1 saturated carbocycles. The molecule has 3 heteroatoms. The third-order valence-corrected chi connectivity index (χ3v) is 4.01. The molecular weight excluding hydrogens is 236 g/mol. The van der Waals surface area contributed by atoms with Crippen molar-refractivity contribution in [3.63, 3.8) is 0 Å². The monoisotopic (exact) mass is 262 g/mol. The number of hydrogen-bond acceptors (Lipinski definition) is 3. The van der Waals surface area contributed by atoms with Gasteiger partial charge in [0.05, 0.1) is 6.61 Å². The van der Waals surface area contributed by atoms with Gasteiger partial charge in [-0.3, -0.25) is 0 Å². The molecule has 0 spiro atoms. The van der Waals surface area contributed by atoms with Crippen LogP contribution in [0.4, 0.5) is 5.82 Å². The highest BCUT2D eigenvalue weighted by Gasteiger charge is 2.18. The first kappa shape index (κ1) is 14.3. The van der Waals surface area contributed by atoms with E-state index in [1.807, 2.05) is 12.1 Å². The molecule has 1 fully saturated rings. The molecule has 0 amide bonds. The summed E-state index contributed by atoms with van der Waals surface area (Å²) >= 11 is 0. The van der Waals surface area contributed by atoms with Gasteiger partial charge in [-0.05, 0) is 42.9 Å². The maximum absolute atomic E-state index is 9.37. The molecular formula is C16H26N2O. The summed E-state index contributed by atoms with van der Waals surface area (Å²) in [5.41, 5.74) is 2.08. The number of aliphatic hydroxyl groups is 1. The number of pyridine rings is 1. The summed E-state index contributed by atoms with van der Waals surface area (Å²) in [5, 5.41) is 9.37. The molecule has 0 aromatic carbocycles. The molecule has 1 N–H and O–H groups in total. The minimum atomic E-state index is 0.101. The first-order valence-electron chi connectivity index (χ1n) is 7.54. The molecule has 0 radical (unpaired) electrons. The molecule has 3 nitrogen and oxygen atoms in total. The van der Waals surface area contributed by atoms with E-state index in [0.717, 1.165) is 42.4 Å². The van der Waals surface area contributed by atoms with Crippen LogP contribution in [-0.2, 0) is 13.0 Å². The molecule has 0 saturated heterocycles. The van der Waals surface area contributed by atoms with Crippen LogP contribution in [0.3, 0.4) is 0 Å². The van der Waals surface area contributed by atoms with Gasteiger partial charge in [0.15, 0.2) is 0 Å². The first-order chi connectivity index (χ1) is 9.22. The van der Waals surface area contributed by atoms with Crippen LogP contribution in [0.2, 0.25) is 0 Å². The Bertz CT molecular complexity index is 400. The fraction of sp³-hybridized carbons (Fsp3) is 0.688. The summed E-state index contributed by atoms with van der Waals surface area (Å²) in [5.74, 6) is 1.83. The van der Waals surface area contributed by atoms with Crippen molar-refractivity contribution in [2.24, 2.45) is 5.92 Å². The standard InChI is InChI=1S/C16H26N2O/c1-3-6-15-9-14(12-19)10-16(17-15)18(2)11-13-7-4-5-8-13/h9-10,13,19H,3-8,11-12H2,1-2H3. The summed E-state index contributed by atoms with van der Waals surface area (Å²) < 4.78 is 0. The number of hydrogen-bond donors (Lipinski definition) is 1. The number of anilines is 1. The van der Waals surface area contributed by atoms with Crippen molar-refractivity contribution in [3.05, 3.63) is 23.4 Å². The zero-order valence-electron chi connectivity index (χ0n) is 12.2. The highest BCUT2D eigenvalue weighted by Crippen LogP contribution is 2.26. The normalized spacial score (nSPS) is 15.9. The minimum Gasteiger partial charge on any atom is -0.392 e. The lowest BCUT2D eigenvalue weighted by Gasteiger charge is -2.23. The van der Waals surface area contributed by atoms with E-state index in [4.69, 9.17) is 4.98 Å². The van der Waals surface area contributed by atoms with Gasteiger partial charge in [-0.25, -0.2) is 4.98 Å². The third-order valence-electron chi connectivity index (χ3n) is 4.01. The van der Waals surface area contributed by atoms with E-state index in [1.165, 1.54) is 25.7 Å². The molecule has 0 atom stereocenters. The van der Waals surface area contributed by atoms with Gasteiger partial charge >= 0.3 is 0 Å². The maximum Gasteiger partial charge on any atom is 0.128 e. The Morgan fingerprint density at radius 1 is 1.32 bits per heavy atom. The Balaban J connectivity index is 2.09. The minimum absolute atomic E-state index is 0.101. The van der Waals surface area contributed by atoms with E-state index in [2.05, 4.69) is 18.9 Å². The van der Waals surface area contributed by atoms with Crippen LogP contribution < -0.4 is 4.90 Å². The summed E-state index contributed by atoms with van der Waals surface area (Å²) in [6.07, 6.45) is 7.54. The van der Waals surface area contributed by atoms with Gasteiger partial charge in [0.2, 0.25) is 0 Å². The zero-order chi connectivity index (χ0) is 13.7. The Labute approximate surface area is 116 Å². The molecule has 1 aromatic rings. The Hall–Kier alpha value is -1.09. The van der Waals surface area contributed by atoms with Gasteiger partial charge < -0.3 is 10.0 Å². The van der Waals surface area contributed by atoms with E-state index >= 15 is 0 Å². The van der Waals surface area contributed by atoms with Gasteiger partial charge in [0.25, 0.3) is 0 Å². The largest absolute Gasteiger partial charge is 0.392 e. The van der Waals surface area contributed by atoms with Gasteiger partial charge in [0, 0.05) is 19.3 Å². The fourth-order valence-corrected chi connectivity index (χ4v) is 2.98. The second-order valence-electron chi connectivity index (χ2n) is 5.76. The summed E-state index contributed by atoms with van der Waals surface area (Å²) in [6, 6.07) is 4.05. The van der Waals surface area contributed by atoms with Crippen molar-refractivity contribution < 1.29 is 5.11 Å². The highest BCUT2D eigenvalue weighted by atomic mass is 16.3. The zero-order valence-corrected chi connectivity index (χ0v) is 12.2. The van der Waals surface area contributed by atoms with Crippen LogP contribution in [0.25, 0.3) is 0 Å². The van der Waals surface area contributed by atoms with Crippen LogP contribution >= 0.6 is 0 Å². The average Bonchev–Trinajstić information content (AvgIpc) is 2.91. The van der Waals surface area contributed by atoms with Crippen molar-refractivity contribution in [1.29, 1.82) is 0 Å². The fourth-order valence-electron chi connectivity index (χ4n) is 2.98. The Morgan fingerprint density at radius 2 is 2.05 bits per heavy atom. The first-order valence-corrected chi connectivity index (χ1v) is 7.54. The van der Waals surface area contributed by atoms with E-state index in [1.54, 1.807) is 0 Å². The smallest absolute Gasteiger partial charge is 0.128 e. The number of rotatable bonds is 6. The molecule has 0 unspecified atom stereocenters. The molecule has 1 aliphatic carbocycles. The maximum atomic E-state index is 9.37. The highest BCUT2D eigenvalue weighted by molar-refractivity contribution is 5.42. The number of aryl methyl sites for hydroxylation is 1. The summed E-state index contributed by atoms with van der Waals surface area (Å²) in [4.78, 5) is 6.99. The molecule has 106 valence electrons. The Morgan fingerprint density at radius 3 is 2.68 bits per heavy atom. The van der Waals surface area contributed by atoms with Crippen LogP contribution in [0.5, 0.6) is 0 Å². The number of aromatic nitrogens is 1. The van der Waals surface area contributed by atoms with Crippen LogP contribution in [0.15, 0.2) is 12.1 Å². The predicted molar refractivity (Wildman–Crippen MR) is 79.4 cm³/mol. The van der Waals surface area contributed by atoms with Gasteiger partial charge in [-0.1, -0.05) is 26.2 Å². The molecule has 0 bridgehead atoms. The molecule has 1 heterocycles. The van der Waals surface area contributed by atoms with Crippen molar-refractivity contribution in [3.8, 4) is 0 Å². The van der Waals surface area contributed by atoms with E-state index < -0.39 is 0 Å². The van der Waals surface area contributed by atoms with Gasteiger partial charge in [-0.2, -0.15) is 0 Å². The molecule has 2 rings (SSSR count). The molecule has 1 aromatic heterocycles. The van der Waals surface area contributed by atoms with E-state index in [0.29, 0.717) is 0 Å². The average molecular weight is 262 g/mol. The molecule has 0 aliphatic heterocycles. The van der Waals surface area contributed by atoms with Crippen molar-refractivity contribution in [2.45, 2.75) is 52.1 Å². The lowest BCUT2D eigenvalue weighted by atomic mass is 10.1. The van der Waals surface area contributed by atoms with E-state index in [-0.39, 0.29) is 6.61 Å². The Kier molecular flexibility index (Phi) is 5.20. The molecule has 1 aliphatic rings. The van der Waals surface area contributed by atoms with Crippen LogP contribution in [0.1, 0.15) is 50.3 Å². The van der Waals surface area contributed by atoms with Crippen molar-refractivity contribution >= 4 is 5.82 Å². The van der Waals surface area contributed by atoms with Crippen molar-refractivity contribution in [2.75, 3.05) is 18.5 Å². The lowest BCUT2D eigenvalue weighted by molar-refractivity contribution is 0.281. The van der Waals surface area contributed by atoms with Crippen molar-refractivity contribution in [1.82, 2.24) is 4.98 Å². The van der Waals surface area contributed by atoms with Gasteiger partial charge in [-0.15, -0.1) is 0 Å². The third kappa shape index (κ3) is 3.93. The molecule has 19 heavy (non-hydrogen) atoms. The predicted octanol–water partition coefficient (Wildman–Crippen LogP) is 3.15. The SMILES string of the molecule is CCCc1cc(CO)cc(N(C)CC2CCCC2)n1. The second-order valence-corrected chi connectivity index (χ2v) is 5.76. The van der Waals surface area contributed by atoms with E-state index in [9.17, 15) is 5.11 Å². The second kappa shape index (κ2) is 6.90. The summed E-state index contributed by atoms with van der Waals surface area (Å²) in [7, 11) is 2.12. The van der Waals surface area contributed by atoms with Crippen LogP contribution in [0, 0.1) is 5.92 Å². The summed E-state index contributed by atoms with van der Waals surface area (Å²) in [6.45, 7) is 3.35. The van der Waals surface area contributed by atoms with Gasteiger partial charge in [0.1, 0.15) is 5.82 Å².